The van der Waals surface area contributed by atoms with Crippen LogP contribution in [0.15, 0.2) is 61.9 Å². The van der Waals surface area contributed by atoms with Crippen molar-refractivity contribution in [3.05, 3.63) is 84.6 Å². The molecule has 1 aliphatic rings. The van der Waals surface area contributed by atoms with Gasteiger partial charge in [0.25, 0.3) is 0 Å². The molecular formula is C23H26F2N4. The molecule has 3 rings (SSSR count). The van der Waals surface area contributed by atoms with Crippen LogP contribution in [0.3, 0.4) is 0 Å². The molecule has 4 nitrogen and oxygen atoms in total. The maximum absolute atomic E-state index is 14.1. The number of hydrogen-bond acceptors (Lipinski definition) is 4. The third kappa shape index (κ3) is 5.79. The summed E-state index contributed by atoms with van der Waals surface area (Å²) in [7, 11) is 1.87. The van der Waals surface area contributed by atoms with E-state index in [1.165, 1.54) is 12.3 Å². The van der Waals surface area contributed by atoms with Crippen molar-refractivity contribution in [2.75, 3.05) is 7.05 Å². The van der Waals surface area contributed by atoms with E-state index in [-0.39, 0.29) is 5.82 Å². The van der Waals surface area contributed by atoms with Crippen molar-refractivity contribution >= 4 is 5.57 Å². The molecule has 1 fully saturated rings. The molecule has 0 spiro atoms. The Hall–Kier alpha value is -2.89. The SMILES string of the molecule is C=C(/C=C\C(=C)N(C)Cc1cncc(F)c1)c1cnc(CCC2(F)CCC2)nc1. The van der Waals surface area contributed by atoms with Gasteiger partial charge in [0.05, 0.1) is 6.20 Å². The fourth-order valence-corrected chi connectivity index (χ4v) is 3.13. The minimum absolute atomic E-state index is 0.358. The van der Waals surface area contributed by atoms with E-state index in [1.54, 1.807) is 18.6 Å². The zero-order chi connectivity index (χ0) is 20.9. The van der Waals surface area contributed by atoms with Crippen molar-refractivity contribution in [1.29, 1.82) is 0 Å². The van der Waals surface area contributed by atoms with Crippen LogP contribution in [0.4, 0.5) is 8.78 Å². The monoisotopic (exact) mass is 396 g/mol. The highest BCUT2D eigenvalue weighted by atomic mass is 19.1. The van der Waals surface area contributed by atoms with Gasteiger partial charge in [-0.25, -0.2) is 18.7 Å². The van der Waals surface area contributed by atoms with Gasteiger partial charge in [0.15, 0.2) is 0 Å². The molecule has 0 atom stereocenters. The highest BCUT2D eigenvalue weighted by Crippen LogP contribution is 2.39. The van der Waals surface area contributed by atoms with Crippen molar-refractivity contribution in [3.63, 3.8) is 0 Å². The van der Waals surface area contributed by atoms with Crippen LogP contribution in [0.1, 0.15) is 42.6 Å². The molecule has 0 amide bonds. The summed E-state index contributed by atoms with van der Waals surface area (Å²) in [5.74, 6) is 0.297. The average Bonchev–Trinajstić information content (AvgIpc) is 2.69. The van der Waals surface area contributed by atoms with Crippen LogP contribution in [0.2, 0.25) is 0 Å². The largest absolute Gasteiger partial charge is 0.371 e. The summed E-state index contributed by atoms with van der Waals surface area (Å²) in [4.78, 5) is 14.4. The molecule has 0 radical (unpaired) electrons. The number of aryl methyl sites for hydroxylation is 1. The molecule has 152 valence electrons. The number of allylic oxidation sites excluding steroid dienone is 3. The van der Waals surface area contributed by atoms with E-state index in [4.69, 9.17) is 0 Å². The number of aromatic nitrogens is 3. The topological polar surface area (TPSA) is 41.9 Å². The maximum Gasteiger partial charge on any atom is 0.141 e. The highest BCUT2D eigenvalue weighted by Gasteiger charge is 2.36. The zero-order valence-corrected chi connectivity index (χ0v) is 16.7. The summed E-state index contributed by atoms with van der Waals surface area (Å²) in [6.07, 6.45) is 13.2. The third-order valence-corrected chi connectivity index (χ3v) is 5.27. The molecular weight excluding hydrogens is 370 g/mol. The molecule has 2 heterocycles. The molecule has 0 aromatic carbocycles. The van der Waals surface area contributed by atoms with Gasteiger partial charge in [-0.2, -0.15) is 0 Å². The molecule has 29 heavy (non-hydrogen) atoms. The summed E-state index contributed by atoms with van der Waals surface area (Å²) in [5, 5.41) is 0. The fourth-order valence-electron chi connectivity index (χ4n) is 3.13. The minimum atomic E-state index is -1.01. The van der Waals surface area contributed by atoms with Crippen molar-refractivity contribution in [1.82, 2.24) is 19.9 Å². The predicted octanol–water partition coefficient (Wildman–Crippen LogP) is 5.05. The Labute approximate surface area is 170 Å². The van der Waals surface area contributed by atoms with Crippen LogP contribution >= 0.6 is 0 Å². The lowest BCUT2D eigenvalue weighted by Gasteiger charge is -2.33. The lowest BCUT2D eigenvalue weighted by molar-refractivity contribution is 0.0537. The van der Waals surface area contributed by atoms with E-state index in [9.17, 15) is 8.78 Å². The Bertz CT molecular complexity index is 901. The first-order valence-electron chi connectivity index (χ1n) is 9.71. The molecule has 2 aromatic rings. The van der Waals surface area contributed by atoms with Crippen LogP contribution in [0.5, 0.6) is 0 Å². The Morgan fingerprint density at radius 3 is 2.52 bits per heavy atom. The van der Waals surface area contributed by atoms with Gasteiger partial charge < -0.3 is 4.90 Å². The van der Waals surface area contributed by atoms with Crippen LogP contribution in [0.25, 0.3) is 5.57 Å². The Morgan fingerprint density at radius 1 is 1.17 bits per heavy atom. The molecule has 0 aliphatic heterocycles. The molecule has 6 heteroatoms. The van der Waals surface area contributed by atoms with Gasteiger partial charge in [-0.05, 0) is 49.0 Å². The first kappa shape index (κ1) is 20.8. The van der Waals surface area contributed by atoms with E-state index in [0.29, 0.717) is 38.1 Å². The maximum atomic E-state index is 14.1. The number of hydrogen-bond donors (Lipinski definition) is 0. The van der Waals surface area contributed by atoms with Gasteiger partial charge in [0, 0.05) is 49.9 Å². The summed E-state index contributed by atoms with van der Waals surface area (Å²) >= 11 is 0. The van der Waals surface area contributed by atoms with Gasteiger partial charge in [-0.1, -0.05) is 19.2 Å². The molecule has 0 saturated heterocycles. The second-order valence-electron chi connectivity index (χ2n) is 7.61. The van der Waals surface area contributed by atoms with E-state index in [2.05, 4.69) is 28.1 Å². The summed E-state index contributed by atoms with van der Waals surface area (Å²) in [6.45, 7) is 8.57. The molecule has 1 saturated carbocycles. The lowest BCUT2D eigenvalue weighted by atomic mass is 9.79. The number of nitrogens with zero attached hydrogens (tertiary/aromatic N) is 4. The number of rotatable bonds is 9. The second-order valence-corrected chi connectivity index (χ2v) is 7.61. The highest BCUT2D eigenvalue weighted by molar-refractivity contribution is 5.71. The standard InChI is InChI=1S/C23H26F2N4/c1-17(5-6-18(2)29(3)16-19-11-21(24)15-26-12-19)20-13-27-22(28-14-20)7-10-23(25)8-4-9-23/h5-6,11-15H,1-2,4,7-10,16H2,3H3/b6-5-. The van der Waals surface area contributed by atoms with Gasteiger partial charge in [0.1, 0.15) is 17.3 Å². The predicted molar refractivity (Wildman–Crippen MR) is 111 cm³/mol. The van der Waals surface area contributed by atoms with Crippen LogP contribution in [-0.4, -0.2) is 32.6 Å². The van der Waals surface area contributed by atoms with Gasteiger partial charge in [0.2, 0.25) is 0 Å². The quantitative estimate of drug-likeness (QED) is 0.556. The first-order valence-corrected chi connectivity index (χ1v) is 9.71. The number of likely N-dealkylation sites (N-methyl/N-ethyl adjacent to an activating group) is 1. The summed E-state index contributed by atoms with van der Waals surface area (Å²) in [5.41, 5.74) is 2.05. The third-order valence-electron chi connectivity index (χ3n) is 5.27. The Morgan fingerprint density at radius 2 is 1.90 bits per heavy atom. The van der Waals surface area contributed by atoms with E-state index >= 15 is 0 Å². The van der Waals surface area contributed by atoms with E-state index < -0.39 is 5.67 Å². The van der Waals surface area contributed by atoms with Crippen LogP contribution < -0.4 is 0 Å². The first-order chi connectivity index (χ1) is 13.8. The molecule has 1 aliphatic carbocycles. The normalized spacial score (nSPS) is 15.1. The molecule has 0 unspecified atom stereocenters. The van der Waals surface area contributed by atoms with Gasteiger partial charge in [-0.3, -0.25) is 4.98 Å². The van der Waals surface area contributed by atoms with Crippen LogP contribution in [0, 0.1) is 5.82 Å². The molecule has 0 N–H and O–H groups in total. The average molecular weight is 396 g/mol. The second kappa shape index (κ2) is 9.07. The van der Waals surface area contributed by atoms with Crippen LogP contribution in [-0.2, 0) is 13.0 Å². The van der Waals surface area contributed by atoms with Gasteiger partial charge >= 0.3 is 0 Å². The zero-order valence-electron chi connectivity index (χ0n) is 16.7. The van der Waals surface area contributed by atoms with Crippen molar-refractivity contribution in [2.24, 2.45) is 0 Å². The number of alkyl halides is 1. The van der Waals surface area contributed by atoms with E-state index in [0.717, 1.165) is 28.8 Å². The smallest absolute Gasteiger partial charge is 0.141 e. The van der Waals surface area contributed by atoms with Crippen molar-refractivity contribution < 1.29 is 8.78 Å². The molecule has 0 bridgehead atoms. The Kier molecular flexibility index (Phi) is 6.52. The van der Waals surface area contributed by atoms with E-state index in [1.807, 2.05) is 24.1 Å². The lowest BCUT2D eigenvalue weighted by Crippen LogP contribution is -2.32. The number of pyridine rings is 1. The van der Waals surface area contributed by atoms with Gasteiger partial charge in [-0.15, -0.1) is 0 Å². The minimum Gasteiger partial charge on any atom is -0.371 e. The number of halogens is 2. The van der Waals surface area contributed by atoms with Crippen molar-refractivity contribution in [3.8, 4) is 0 Å². The Balaban J connectivity index is 1.51. The molecule has 2 aromatic heterocycles. The summed E-state index contributed by atoms with van der Waals surface area (Å²) < 4.78 is 27.3. The fraction of sp³-hybridized carbons (Fsp3) is 0.348. The van der Waals surface area contributed by atoms with Crippen molar-refractivity contribution in [2.45, 2.75) is 44.3 Å². The summed E-state index contributed by atoms with van der Waals surface area (Å²) in [6, 6.07) is 1.45.